The Morgan fingerprint density at radius 3 is 2.16 bits per heavy atom. The molecule has 0 heterocycles. The van der Waals surface area contributed by atoms with Gasteiger partial charge in [0.1, 0.15) is 16.5 Å². The van der Waals surface area contributed by atoms with Gasteiger partial charge < -0.3 is 4.74 Å². The molecule has 0 radical (unpaired) electrons. The molecule has 0 bridgehead atoms. The Kier molecular flexibility index (Phi) is 6.79. The molecule has 0 amide bonds. The monoisotopic (exact) mass is 548 g/mol. The molecule has 3 rings (SSSR count). The summed E-state index contributed by atoms with van der Waals surface area (Å²) in [5.74, 6) is -0.696. The van der Waals surface area contributed by atoms with Crippen LogP contribution < -0.4 is 14.2 Å². The van der Waals surface area contributed by atoms with Gasteiger partial charge in [-0.25, -0.2) is 21.2 Å². The van der Waals surface area contributed by atoms with Crippen molar-refractivity contribution in [1.82, 2.24) is 0 Å². The number of nitrogens with one attached hydrogen (secondary N) is 2. The Morgan fingerprint density at radius 2 is 1.52 bits per heavy atom. The average Bonchev–Trinajstić information content (AvgIpc) is 2.70. The van der Waals surface area contributed by atoms with E-state index in [1.54, 1.807) is 6.07 Å². The molecule has 0 aliphatic carbocycles. The van der Waals surface area contributed by atoms with Crippen LogP contribution in [0.3, 0.4) is 0 Å². The molecular weight excluding hydrogens is 535 g/mol. The van der Waals surface area contributed by atoms with Crippen molar-refractivity contribution in [3.05, 3.63) is 76.0 Å². The van der Waals surface area contributed by atoms with Crippen molar-refractivity contribution in [2.75, 3.05) is 16.6 Å². The van der Waals surface area contributed by atoms with Crippen molar-refractivity contribution < 1.29 is 26.0 Å². The van der Waals surface area contributed by atoms with E-state index in [0.717, 1.165) is 18.2 Å². The number of hydrogen-bond donors (Lipinski definition) is 2. The number of anilines is 2. The van der Waals surface area contributed by atoms with Crippen LogP contribution in [0.4, 0.5) is 15.8 Å². The molecule has 0 spiro atoms. The molecule has 0 fully saturated rings. The molecule has 0 unspecified atom stereocenters. The summed E-state index contributed by atoms with van der Waals surface area (Å²) >= 11 is 8.98. The highest BCUT2D eigenvalue weighted by Crippen LogP contribution is 2.32. The zero-order valence-electron chi connectivity index (χ0n) is 15.8. The minimum Gasteiger partial charge on any atom is -0.495 e. The lowest BCUT2D eigenvalue weighted by Crippen LogP contribution is -2.18. The maximum Gasteiger partial charge on any atom is 0.265 e. The number of sulfonamides is 2. The quantitative estimate of drug-likeness (QED) is 0.439. The summed E-state index contributed by atoms with van der Waals surface area (Å²) in [6.07, 6.45) is 0. The molecule has 12 heteroatoms. The second-order valence-corrected chi connectivity index (χ2v) is 10.8. The first-order valence-corrected chi connectivity index (χ1v) is 12.6. The van der Waals surface area contributed by atoms with E-state index in [1.165, 1.54) is 43.5 Å². The molecule has 0 saturated heterocycles. The first-order valence-electron chi connectivity index (χ1n) is 8.46. The molecule has 0 atom stereocenters. The molecule has 0 aliphatic rings. The van der Waals surface area contributed by atoms with E-state index in [2.05, 4.69) is 25.4 Å². The van der Waals surface area contributed by atoms with Gasteiger partial charge in [-0.2, -0.15) is 0 Å². The van der Waals surface area contributed by atoms with Gasteiger partial charge in [-0.05, 0) is 54.6 Å². The molecule has 7 nitrogen and oxygen atoms in total. The minimum absolute atomic E-state index is 0.0705. The van der Waals surface area contributed by atoms with Gasteiger partial charge in [-0.3, -0.25) is 9.44 Å². The smallest absolute Gasteiger partial charge is 0.265 e. The number of ether oxygens (including phenoxy) is 1. The van der Waals surface area contributed by atoms with Gasteiger partial charge in [0, 0.05) is 15.6 Å². The normalized spacial score (nSPS) is 11.7. The molecular formula is C19H15BrClFN2O5S2. The summed E-state index contributed by atoms with van der Waals surface area (Å²) in [7, 11) is -7.06. The second-order valence-electron chi connectivity index (χ2n) is 6.15. The Morgan fingerprint density at radius 1 is 0.871 bits per heavy atom. The van der Waals surface area contributed by atoms with Gasteiger partial charge in [0.2, 0.25) is 0 Å². The lowest BCUT2D eigenvalue weighted by atomic mass is 10.3. The first kappa shape index (κ1) is 23.3. The highest BCUT2D eigenvalue weighted by Gasteiger charge is 2.23. The molecule has 31 heavy (non-hydrogen) atoms. The first-order chi connectivity index (χ1) is 14.5. The fraction of sp³-hybridized carbons (Fsp3) is 0.0526. The van der Waals surface area contributed by atoms with E-state index in [4.69, 9.17) is 16.3 Å². The van der Waals surface area contributed by atoms with Crippen LogP contribution in [0.1, 0.15) is 0 Å². The van der Waals surface area contributed by atoms with Gasteiger partial charge in [-0.15, -0.1) is 0 Å². The third kappa shape index (κ3) is 5.48. The van der Waals surface area contributed by atoms with Crippen LogP contribution in [-0.2, 0) is 20.0 Å². The summed E-state index contributed by atoms with van der Waals surface area (Å²) in [5.41, 5.74) is -0.478. The average molecular weight is 550 g/mol. The summed E-state index contributed by atoms with van der Waals surface area (Å²) < 4.78 is 75.1. The highest BCUT2D eigenvalue weighted by molar-refractivity contribution is 9.10. The van der Waals surface area contributed by atoms with Gasteiger partial charge >= 0.3 is 0 Å². The maximum absolute atomic E-state index is 13.8. The topological polar surface area (TPSA) is 102 Å². The zero-order valence-corrected chi connectivity index (χ0v) is 19.7. The Balaban J connectivity index is 2.01. The standard InChI is InChI=1S/C19H15BrClFN2O5S2/c1-29-18-9-2-12(20)10-19(18)31(27,28)23-16-8-5-14(22)11-17(16)24-30(25,26)15-6-3-13(21)4-7-15/h2-11,23-24H,1H3. The molecule has 2 N–H and O–H groups in total. The fourth-order valence-electron chi connectivity index (χ4n) is 2.57. The lowest BCUT2D eigenvalue weighted by Gasteiger charge is -2.16. The molecule has 164 valence electrons. The van der Waals surface area contributed by atoms with Crippen LogP contribution in [0.2, 0.25) is 5.02 Å². The van der Waals surface area contributed by atoms with E-state index in [1.807, 2.05) is 0 Å². The van der Waals surface area contributed by atoms with Gasteiger partial charge in [0.05, 0.1) is 23.4 Å². The van der Waals surface area contributed by atoms with Crippen LogP contribution in [0, 0.1) is 5.82 Å². The molecule has 3 aromatic rings. The van der Waals surface area contributed by atoms with E-state index in [9.17, 15) is 21.2 Å². The second kappa shape index (κ2) is 9.03. The summed E-state index contributed by atoms with van der Waals surface area (Å²) in [4.78, 5) is -0.330. The van der Waals surface area contributed by atoms with Crippen molar-refractivity contribution in [3.63, 3.8) is 0 Å². The van der Waals surface area contributed by atoms with E-state index in [0.29, 0.717) is 9.50 Å². The molecule has 0 saturated carbocycles. The number of hydrogen-bond acceptors (Lipinski definition) is 5. The number of benzene rings is 3. The Bertz CT molecular complexity index is 1330. The molecule has 0 aliphatic heterocycles. The third-order valence-corrected chi connectivity index (χ3v) is 7.52. The predicted octanol–water partition coefficient (Wildman–Crippen LogP) is 4.85. The third-order valence-electron chi connectivity index (χ3n) is 4.01. The van der Waals surface area contributed by atoms with E-state index < -0.39 is 25.9 Å². The lowest BCUT2D eigenvalue weighted by molar-refractivity contribution is 0.403. The van der Waals surface area contributed by atoms with Crippen LogP contribution in [-0.4, -0.2) is 23.9 Å². The van der Waals surface area contributed by atoms with Crippen LogP contribution in [0.5, 0.6) is 5.75 Å². The van der Waals surface area contributed by atoms with Crippen LogP contribution >= 0.6 is 27.5 Å². The van der Waals surface area contributed by atoms with Gasteiger partial charge in [0.25, 0.3) is 20.0 Å². The van der Waals surface area contributed by atoms with Gasteiger partial charge in [-0.1, -0.05) is 27.5 Å². The van der Waals surface area contributed by atoms with Crippen molar-refractivity contribution >= 4 is 59.0 Å². The Labute approximate surface area is 192 Å². The number of halogens is 3. The van der Waals surface area contributed by atoms with Gasteiger partial charge in [0.15, 0.2) is 0 Å². The number of rotatable bonds is 7. The highest BCUT2D eigenvalue weighted by atomic mass is 79.9. The summed E-state index contributed by atoms with van der Waals surface area (Å²) in [6.45, 7) is 0. The maximum atomic E-state index is 13.8. The fourth-order valence-corrected chi connectivity index (χ4v) is 5.55. The zero-order chi connectivity index (χ0) is 22.8. The summed E-state index contributed by atoms with van der Waals surface area (Å²) in [6, 6.07) is 12.6. The van der Waals surface area contributed by atoms with Crippen molar-refractivity contribution in [2.45, 2.75) is 9.79 Å². The van der Waals surface area contributed by atoms with Crippen molar-refractivity contribution in [3.8, 4) is 5.75 Å². The van der Waals surface area contributed by atoms with E-state index >= 15 is 0 Å². The SMILES string of the molecule is COc1ccc(Br)cc1S(=O)(=O)Nc1ccc(F)cc1NS(=O)(=O)c1ccc(Cl)cc1. The van der Waals surface area contributed by atoms with Crippen LogP contribution in [0.25, 0.3) is 0 Å². The molecule has 3 aromatic carbocycles. The minimum atomic E-state index is -4.22. The predicted molar refractivity (Wildman–Crippen MR) is 120 cm³/mol. The largest absolute Gasteiger partial charge is 0.495 e. The Hall–Kier alpha value is -2.34. The summed E-state index contributed by atoms with van der Waals surface area (Å²) in [5, 5.41) is 0.334. The van der Waals surface area contributed by atoms with Crippen molar-refractivity contribution in [2.24, 2.45) is 0 Å². The molecule has 0 aromatic heterocycles. The van der Waals surface area contributed by atoms with Crippen LogP contribution in [0.15, 0.2) is 74.9 Å². The van der Waals surface area contributed by atoms with Crippen molar-refractivity contribution in [1.29, 1.82) is 0 Å². The number of methoxy groups -OCH3 is 1. The van der Waals surface area contributed by atoms with E-state index in [-0.39, 0.29) is 26.9 Å².